The fraction of sp³-hybridized carbons (Fsp3) is 0.474. The highest BCUT2D eigenvalue weighted by Crippen LogP contribution is 2.23. The summed E-state index contributed by atoms with van der Waals surface area (Å²) in [6.07, 6.45) is 5.93. The largest absolute Gasteiger partial charge is 0.497 e. The SMILES string of the molecule is COc1ccc(-n2cccn2)c(CN2CCN[C@H](C(=O)NC3CC3)C2)c1. The molecule has 2 aliphatic rings. The fourth-order valence-electron chi connectivity index (χ4n) is 3.35. The van der Waals surface area contributed by atoms with Gasteiger partial charge in [0, 0.05) is 44.6 Å². The maximum atomic E-state index is 12.4. The molecule has 1 aromatic heterocycles. The van der Waals surface area contributed by atoms with E-state index in [1.165, 1.54) is 0 Å². The maximum absolute atomic E-state index is 12.4. The number of benzene rings is 1. The molecule has 1 aliphatic heterocycles. The van der Waals surface area contributed by atoms with Gasteiger partial charge in [0.25, 0.3) is 0 Å². The number of carbonyl (C=O) groups is 1. The molecule has 0 spiro atoms. The average molecular weight is 355 g/mol. The van der Waals surface area contributed by atoms with Crippen LogP contribution in [0.2, 0.25) is 0 Å². The van der Waals surface area contributed by atoms with Gasteiger partial charge in [0.1, 0.15) is 5.75 Å². The summed E-state index contributed by atoms with van der Waals surface area (Å²) in [5.74, 6) is 0.948. The predicted molar refractivity (Wildman–Crippen MR) is 98.3 cm³/mol. The first-order valence-corrected chi connectivity index (χ1v) is 9.16. The van der Waals surface area contributed by atoms with Crippen molar-refractivity contribution in [3.63, 3.8) is 0 Å². The minimum Gasteiger partial charge on any atom is -0.497 e. The number of aromatic nitrogens is 2. The van der Waals surface area contributed by atoms with E-state index in [1.807, 2.05) is 29.1 Å². The van der Waals surface area contributed by atoms with E-state index in [4.69, 9.17) is 4.74 Å². The summed E-state index contributed by atoms with van der Waals surface area (Å²) in [6.45, 7) is 3.17. The Balaban J connectivity index is 1.49. The average Bonchev–Trinajstić information content (AvgIpc) is 3.31. The van der Waals surface area contributed by atoms with Crippen molar-refractivity contribution in [2.45, 2.75) is 31.5 Å². The van der Waals surface area contributed by atoms with Crippen molar-refractivity contribution in [3.05, 3.63) is 42.2 Å². The first-order chi connectivity index (χ1) is 12.7. The van der Waals surface area contributed by atoms with Gasteiger partial charge in [-0.1, -0.05) is 0 Å². The van der Waals surface area contributed by atoms with E-state index in [-0.39, 0.29) is 11.9 Å². The molecular formula is C19H25N5O2. The van der Waals surface area contributed by atoms with Crippen LogP contribution in [0.4, 0.5) is 0 Å². The lowest BCUT2D eigenvalue weighted by Crippen LogP contribution is -2.57. The summed E-state index contributed by atoms with van der Waals surface area (Å²) < 4.78 is 7.27. The molecule has 7 nitrogen and oxygen atoms in total. The Morgan fingerprint density at radius 2 is 2.31 bits per heavy atom. The number of ether oxygens (including phenoxy) is 1. The van der Waals surface area contributed by atoms with Crippen LogP contribution in [0, 0.1) is 0 Å². The molecule has 138 valence electrons. The van der Waals surface area contributed by atoms with Crippen molar-refractivity contribution in [3.8, 4) is 11.4 Å². The smallest absolute Gasteiger partial charge is 0.238 e. The lowest BCUT2D eigenvalue weighted by molar-refractivity contribution is -0.124. The Bertz CT molecular complexity index is 757. The molecule has 2 fully saturated rings. The lowest BCUT2D eigenvalue weighted by atomic mass is 10.1. The number of rotatable bonds is 6. The van der Waals surface area contributed by atoms with Gasteiger partial charge in [0.15, 0.2) is 0 Å². The minimum atomic E-state index is -0.150. The summed E-state index contributed by atoms with van der Waals surface area (Å²) >= 11 is 0. The Hall–Kier alpha value is -2.38. The summed E-state index contributed by atoms with van der Waals surface area (Å²) in [6, 6.07) is 8.19. The summed E-state index contributed by atoms with van der Waals surface area (Å²) in [5.41, 5.74) is 2.17. The molecule has 1 saturated heterocycles. The van der Waals surface area contributed by atoms with Crippen LogP contribution in [-0.2, 0) is 11.3 Å². The van der Waals surface area contributed by atoms with E-state index in [2.05, 4.69) is 26.7 Å². The van der Waals surface area contributed by atoms with Crippen LogP contribution in [0.3, 0.4) is 0 Å². The van der Waals surface area contributed by atoms with Gasteiger partial charge in [-0.25, -0.2) is 4.68 Å². The van der Waals surface area contributed by atoms with Crippen LogP contribution < -0.4 is 15.4 Å². The van der Waals surface area contributed by atoms with Gasteiger partial charge in [-0.15, -0.1) is 0 Å². The molecule has 1 saturated carbocycles. The van der Waals surface area contributed by atoms with E-state index in [1.54, 1.807) is 13.3 Å². The zero-order chi connectivity index (χ0) is 17.9. The van der Waals surface area contributed by atoms with Gasteiger partial charge in [0.05, 0.1) is 18.8 Å². The number of nitrogens with zero attached hydrogens (tertiary/aromatic N) is 3. The second-order valence-electron chi connectivity index (χ2n) is 6.97. The number of nitrogens with one attached hydrogen (secondary N) is 2. The molecule has 4 rings (SSSR count). The van der Waals surface area contributed by atoms with Gasteiger partial charge in [-0.3, -0.25) is 9.69 Å². The van der Waals surface area contributed by atoms with Crippen molar-refractivity contribution in [2.75, 3.05) is 26.7 Å². The summed E-state index contributed by atoms with van der Waals surface area (Å²) in [4.78, 5) is 14.7. The molecule has 0 radical (unpaired) electrons. The number of amides is 1. The number of carbonyl (C=O) groups excluding carboxylic acids is 1. The van der Waals surface area contributed by atoms with E-state index in [0.29, 0.717) is 12.6 Å². The van der Waals surface area contributed by atoms with Crippen molar-refractivity contribution in [2.24, 2.45) is 0 Å². The van der Waals surface area contributed by atoms with E-state index < -0.39 is 0 Å². The third-order valence-electron chi connectivity index (χ3n) is 4.93. The highest BCUT2D eigenvalue weighted by molar-refractivity contribution is 5.82. The lowest BCUT2D eigenvalue weighted by Gasteiger charge is -2.33. The second kappa shape index (κ2) is 7.47. The van der Waals surface area contributed by atoms with Crippen LogP contribution in [-0.4, -0.2) is 59.4 Å². The molecular weight excluding hydrogens is 330 g/mol. The van der Waals surface area contributed by atoms with Gasteiger partial charge in [-0.05, 0) is 42.7 Å². The summed E-state index contributed by atoms with van der Waals surface area (Å²) in [5, 5.41) is 10.8. The number of piperazine rings is 1. The number of hydrogen-bond acceptors (Lipinski definition) is 5. The van der Waals surface area contributed by atoms with Crippen LogP contribution in [0.15, 0.2) is 36.7 Å². The minimum absolute atomic E-state index is 0.121. The van der Waals surface area contributed by atoms with Gasteiger partial charge in [-0.2, -0.15) is 5.10 Å². The molecule has 0 unspecified atom stereocenters. The number of hydrogen-bond donors (Lipinski definition) is 2. The van der Waals surface area contributed by atoms with Crippen molar-refractivity contribution >= 4 is 5.91 Å². The third kappa shape index (κ3) is 3.89. The first kappa shape index (κ1) is 17.1. The third-order valence-corrected chi connectivity index (χ3v) is 4.93. The highest BCUT2D eigenvalue weighted by atomic mass is 16.5. The van der Waals surface area contributed by atoms with Crippen LogP contribution >= 0.6 is 0 Å². The molecule has 2 aromatic rings. The Labute approximate surface area is 153 Å². The van der Waals surface area contributed by atoms with Crippen LogP contribution in [0.25, 0.3) is 5.69 Å². The second-order valence-corrected chi connectivity index (χ2v) is 6.97. The normalized spacial score (nSPS) is 20.7. The Morgan fingerprint density at radius 1 is 1.42 bits per heavy atom. The molecule has 1 atom stereocenters. The zero-order valence-corrected chi connectivity index (χ0v) is 15.0. The Morgan fingerprint density at radius 3 is 3.04 bits per heavy atom. The quantitative estimate of drug-likeness (QED) is 0.807. The van der Waals surface area contributed by atoms with Gasteiger partial charge < -0.3 is 15.4 Å². The first-order valence-electron chi connectivity index (χ1n) is 9.16. The standard InChI is InChI=1S/C19H25N5O2/c1-26-16-5-6-18(24-9-2-7-21-24)14(11-16)12-23-10-8-20-17(13-23)19(25)22-15-3-4-15/h2,5-7,9,11,15,17,20H,3-4,8,10,12-13H2,1H3,(H,22,25)/t17-/m0/s1. The van der Waals surface area contributed by atoms with Crippen molar-refractivity contribution in [1.82, 2.24) is 25.3 Å². The monoisotopic (exact) mass is 355 g/mol. The van der Waals surface area contributed by atoms with Crippen molar-refractivity contribution < 1.29 is 9.53 Å². The molecule has 26 heavy (non-hydrogen) atoms. The molecule has 1 aliphatic carbocycles. The number of methoxy groups -OCH3 is 1. The Kier molecular flexibility index (Phi) is 4.90. The maximum Gasteiger partial charge on any atom is 0.238 e. The van der Waals surface area contributed by atoms with Crippen LogP contribution in [0.1, 0.15) is 18.4 Å². The van der Waals surface area contributed by atoms with Gasteiger partial charge in [0.2, 0.25) is 5.91 Å². The molecule has 2 heterocycles. The predicted octanol–water partition coefficient (Wildman–Crippen LogP) is 0.933. The topological polar surface area (TPSA) is 71.4 Å². The molecule has 0 bridgehead atoms. The van der Waals surface area contributed by atoms with Crippen molar-refractivity contribution in [1.29, 1.82) is 0 Å². The highest BCUT2D eigenvalue weighted by Gasteiger charge is 2.30. The van der Waals surface area contributed by atoms with E-state index >= 15 is 0 Å². The molecule has 7 heteroatoms. The van der Waals surface area contributed by atoms with Gasteiger partial charge >= 0.3 is 0 Å². The molecule has 1 amide bonds. The zero-order valence-electron chi connectivity index (χ0n) is 15.0. The van der Waals surface area contributed by atoms with E-state index in [0.717, 1.165) is 49.5 Å². The molecule has 1 aromatic carbocycles. The van der Waals surface area contributed by atoms with Crippen LogP contribution in [0.5, 0.6) is 5.75 Å². The van der Waals surface area contributed by atoms with E-state index in [9.17, 15) is 4.79 Å². The fourth-order valence-corrected chi connectivity index (χ4v) is 3.35. The summed E-state index contributed by atoms with van der Waals surface area (Å²) in [7, 11) is 1.68. The molecule has 2 N–H and O–H groups in total.